The van der Waals surface area contributed by atoms with Crippen molar-refractivity contribution in [2.24, 2.45) is 11.8 Å². The van der Waals surface area contributed by atoms with E-state index in [0.717, 1.165) is 25.7 Å². The Kier molecular flexibility index (Phi) is 13.6. The van der Waals surface area contributed by atoms with E-state index in [2.05, 4.69) is 33.8 Å². The highest BCUT2D eigenvalue weighted by Gasteiger charge is 2.17. The molecule has 0 aliphatic rings. The summed E-state index contributed by atoms with van der Waals surface area (Å²) in [6.45, 7) is 9.17. The van der Waals surface area contributed by atoms with Crippen molar-refractivity contribution >= 4 is 11.9 Å². The Labute approximate surface area is 189 Å². The van der Waals surface area contributed by atoms with Crippen LogP contribution in [0, 0.1) is 11.8 Å². The van der Waals surface area contributed by atoms with E-state index in [1.807, 2.05) is 0 Å². The molecule has 1 aromatic carbocycles. The van der Waals surface area contributed by atoms with Crippen molar-refractivity contribution in [1.29, 1.82) is 0 Å². The second kappa shape index (κ2) is 15.7. The van der Waals surface area contributed by atoms with E-state index in [9.17, 15) is 14.7 Å². The molecule has 4 heteroatoms. The summed E-state index contributed by atoms with van der Waals surface area (Å²) in [5, 5.41) is 9.30. The molecule has 174 valence electrons. The Morgan fingerprint density at radius 2 is 1.42 bits per heavy atom. The smallest absolute Gasteiger partial charge is 0.339 e. The first-order valence-corrected chi connectivity index (χ1v) is 12.1. The van der Waals surface area contributed by atoms with Crippen molar-refractivity contribution in [3.63, 3.8) is 0 Å². The first kappa shape index (κ1) is 26.9. The maximum Gasteiger partial charge on any atom is 0.339 e. The number of esters is 1. The zero-order valence-electron chi connectivity index (χ0n) is 20.0. The third-order valence-corrected chi connectivity index (χ3v) is 6.15. The molecule has 0 saturated heterocycles. The van der Waals surface area contributed by atoms with E-state index in [0.29, 0.717) is 11.8 Å². The molecule has 0 spiro atoms. The van der Waals surface area contributed by atoms with E-state index < -0.39 is 11.9 Å². The van der Waals surface area contributed by atoms with Gasteiger partial charge in [0.2, 0.25) is 0 Å². The van der Waals surface area contributed by atoms with Gasteiger partial charge < -0.3 is 9.84 Å². The van der Waals surface area contributed by atoms with Crippen LogP contribution in [0.2, 0.25) is 0 Å². The number of aromatic carboxylic acids is 1. The SMILES string of the molecule is CCCCC(CC)CC(=CCOC(=O)c1ccccc1C(=O)O)CC(CC)CCCC. The number of carbonyl (C=O) groups is 2. The summed E-state index contributed by atoms with van der Waals surface area (Å²) >= 11 is 0. The summed E-state index contributed by atoms with van der Waals surface area (Å²) in [5.41, 5.74) is 1.46. The number of ether oxygens (including phenoxy) is 1. The molecular weight excluding hydrogens is 388 g/mol. The highest BCUT2D eigenvalue weighted by molar-refractivity contribution is 6.02. The number of carboxylic acids is 1. The van der Waals surface area contributed by atoms with Crippen LogP contribution >= 0.6 is 0 Å². The van der Waals surface area contributed by atoms with Crippen LogP contribution in [0.3, 0.4) is 0 Å². The van der Waals surface area contributed by atoms with Crippen molar-refractivity contribution in [3.05, 3.63) is 47.0 Å². The largest absolute Gasteiger partial charge is 0.478 e. The number of rotatable bonds is 16. The van der Waals surface area contributed by atoms with Gasteiger partial charge in [0.1, 0.15) is 6.61 Å². The molecular formula is C27H42O4. The third kappa shape index (κ3) is 10.2. The number of allylic oxidation sites excluding steroid dienone is 1. The molecule has 1 rings (SSSR count). The predicted octanol–water partition coefficient (Wildman–Crippen LogP) is 7.68. The van der Waals surface area contributed by atoms with Crippen LogP contribution in [0.25, 0.3) is 0 Å². The number of carboxylic acid groups (broad SMARTS) is 1. The van der Waals surface area contributed by atoms with E-state index in [1.54, 1.807) is 12.1 Å². The predicted molar refractivity (Wildman–Crippen MR) is 128 cm³/mol. The van der Waals surface area contributed by atoms with Crippen LogP contribution in [-0.4, -0.2) is 23.7 Å². The monoisotopic (exact) mass is 430 g/mol. The summed E-state index contributed by atoms with van der Waals surface area (Å²) < 4.78 is 5.46. The minimum atomic E-state index is -1.12. The number of hydrogen-bond acceptors (Lipinski definition) is 3. The average molecular weight is 431 g/mol. The normalized spacial score (nSPS) is 12.8. The van der Waals surface area contributed by atoms with Gasteiger partial charge in [-0.1, -0.05) is 96.8 Å². The Balaban J connectivity index is 2.88. The van der Waals surface area contributed by atoms with E-state index in [-0.39, 0.29) is 17.7 Å². The van der Waals surface area contributed by atoms with Gasteiger partial charge in [0.15, 0.2) is 0 Å². The fourth-order valence-corrected chi connectivity index (χ4v) is 4.04. The van der Waals surface area contributed by atoms with Crippen molar-refractivity contribution in [3.8, 4) is 0 Å². The molecule has 0 aliphatic carbocycles. The zero-order valence-corrected chi connectivity index (χ0v) is 20.0. The van der Waals surface area contributed by atoms with E-state index >= 15 is 0 Å². The minimum absolute atomic E-state index is 0.0204. The van der Waals surface area contributed by atoms with Gasteiger partial charge in [0.25, 0.3) is 0 Å². The highest BCUT2D eigenvalue weighted by Crippen LogP contribution is 2.28. The molecule has 0 fully saturated rings. The molecule has 0 aliphatic heterocycles. The van der Waals surface area contributed by atoms with Crippen molar-refractivity contribution in [2.45, 2.75) is 91.9 Å². The molecule has 0 bridgehead atoms. The fourth-order valence-electron chi connectivity index (χ4n) is 4.04. The van der Waals surface area contributed by atoms with Crippen LogP contribution in [-0.2, 0) is 4.74 Å². The molecule has 2 atom stereocenters. The van der Waals surface area contributed by atoms with Crippen LogP contribution in [0.15, 0.2) is 35.9 Å². The fraction of sp³-hybridized carbons (Fsp3) is 0.630. The van der Waals surface area contributed by atoms with Crippen LogP contribution in [0.1, 0.15) is 113 Å². The molecule has 2 unspecified atom stereocenters. The van der Waals surface area contributed by atoms with Gasteiger partial charge in [0, 0.05) is 0 Å². The van der Waals surface area contributed by atoms with Gasteiger partial charge in [-0.15, -0.1) is 0 Å². The minimum Gasteiger partial charge on any atom is -0.478 e. The summed E-state index contributed by atoms with van der Waals surface area (Å²) in [6, 6.07) is 6.20. The molecule has 1 aromatic rings. The average Bonchev–Trinajstić information content (AvgIpc) is 2.78. The summed E-state index contributed by atoms with van der Waals surface area (Å²) in [4.78, 5) is 23.8. The van der Waals surface area contributed by atoms with Crippen LogP contribution in [0.4, 0.5) is 0 Å². The molecule has 0 aromatic heterocycles. The Morgan fingerprint density at radius 1 is 0.903 bits per heavy atom. The highest BCUT2D eigenvalue weighted by atomic mass is 16.5. The van der Waals surface area contributed by atoms with Crippen molar-refractivity contribution in [1.82, 2.24) is 0 Å². The maximum atomic E-state index is 12.5. The van der Waals surface area contributed by atoms with Crippen LogP contribution < -0.4 is 0 Å². The lowest BCUT2D eigenvalue weighted by Gasteiger charge is -2.21. The lowest BCUT2D eigenvalue weighted by molar-refractivity contribution is 0.0535. The molecule has 0 saturated carbocycles. The molecule has 0 heterocycles. The molecule has 4 nitrogen and oxygen atoms in total. The van der Waals surface area contributed by atoms with Crippen molar-refractivity contribution in [2.75, 3.05) is 6.61 Å². The molecule has 0 amide bonds. The van der Waals surface area contributed by atoms with Gasteiger partial charge in [0.05, 0.1) is 11.1 Å². The van der Waals surface area contributed by atoms with Gasteiger partial charge >= 0.3 is 11.9 Å². The Hall–Kier alpha value is -2.10. The van der Waals surface area contributed by atoms with E-state index in [4.69, 9.17) is 4.74 Å². The summed E-state index contributed by atoms with van der Waals surface area (Å²) in [5.74, 6) is -0.367. The first-order valence-electron chi connectivity index (χ1n) is 12.1. The standard InChI is InChI=1S/C27H42O4/c1-5-9-13-21(7-3)19-23(20-22(8-4)14-10-6-2)17-18-31-27(30)25-16-12-11-15-24(25)26(28)29/h11-12,15-17,21-22H,5-10,13-14,18-20H2,1-4H3,(H,28,29). The number of hydrogen-bond donors (Lipinski definition) is 1. The lowest BCUT2D eigenvalue weighted by atomic mass is 9.85. The quantitative estimate of drug-likeness (QED) is 0.216. The second-order valence-corrected chi connectivity index (χ2v) is 8.55. The van der Waals surface area contributed by atoms with Gasteiger partial charge in [-0.3, -0.25) is 0 Å². The molecule has 0 radical (unpaired) electrons. The topological polar surface area (TPSA) is 63.6 Å². The zero-order chi connectivity index (χ0) is 23.1. The summed E-state index contributed by atoms with van der Waals surface area (Å²) in [7, 11) is 0. The van der Waals surface area contributed by atoms with Gasteiger partial charge in [-0.05, 0) is 42.9 Å². The van der Waals surface area contributed by atoms with Gasteiger partial charge in [-0.2, -0.15) is 0 Å². The second-order valence-electron chi connectivity index (χ2n) is 8.55. The van der Waals surface area contributed by atoms with Crippen molar-refractivity contribution < 1.29 is 19.4 Å². The molecule has 31 heavy (non-hydrogen) atoms. The van der Waals surface area contributed by atoms with Gasteiger partial charge in [-0.25, -0.2) is 9.59 Å². The summed E-state index contributed by atoms with van der Waals surface area (Å²) in [6.07, 6.45) is 13.9. The lowest BCUT2D eigenvalue weighted by Crippen LogP contribution is -2.12. The van der Waals surface area contributed by atoms with E-state index in [1.165, 1.54) is 56.2 Å². The number of unbranched alkanes of at least 4 members (excludes halogenated alkanes) is 2. The number of benzene rings is 1. The third-order valence-electron chi connectivity index (χ3n) is 6.15. The van der Waals surface area contributed by atoms with Crippen LogP contribution in [0.5, 0.6) is 0 Å². The first-order chi connectivity index (χ1) is 15.0. The molecule has 1 N–H and O–H groups in total. The Bertz CT molecular complexity index is 672. The Morgan fingerprint density at radius 3 is 1.87 bits per heavy atom. The maximum absolute atomic E-state index is 12.5. The number of carbonyl (C=O) groups excluding carboxylic acids is 1.